The lowest BCUT2D eigenvalue weighted by molar-refractivity contribution is 0.0728. The predicted octanol–water partition coefficient (Wildman–Crippen LogP) is 2.98. The van der Waals surface area contributed by atoms with Crippen molar-refractivity contribution >= 4 is 29.1 Å². The molecule has 0 N–H and O–H groups in total. The molecule has 1 amide bonds. The second-order valence-corrected chi connectivity index (χ2v) is 5.44. The summed E-state index contributed by atoms with van der Waals surface area (Å²) in [6.45, 7) is 1.10. The number of nitrogens with zero attached hydrogens (tertiary/aromatic N) is 3. The van der Waals surface area contributed by atoms with E-state index in [1.807, 2.05) is 6.07 Å². The Labute approximate surface area is 126 Å². The Morgan fingerprint density at radius 3 is 2.85 bits per heavy atom. The molecule has 0 saturated heterocycles. The first-order valence-electron chi connectivity index (χ1n) is 6.17. The highest BCUT2D eigenvalue weighted by molar-refractivity contribution is 6.35. The van der Waals surface area contributed by atoms with E-state index in [0.29, 0.717) is 28.8 Å². The van der Waals surface area contributed by atoms with Crippen LogP contribution in [0.4, 0.5) is 0 Å². The van der Waals surface area contributed by atoms with Gasteiger partial charge in [0.05, 0.1) is 6.20 Å². The van der Waals surface area contributed by atoms with Gasteiger partial charge in [0, 0.05) is 35.5 Å². The topological polar surface area (TPSA) is 46.1 Å². The molecule has 4 nitrogen and oxygen atoms in total. The first kappa shape index (κ1) is 13.3. The molecule has 2 aromatic rings. The summed E-state index contributed by atoms with van der Waals surface area (Å²) in [6, 6.07) is 3.62. The maximum atomic E-state index is 12.3. The average molecular weight is 308 g/mol. The Balaban J connectivity index is 1.87. The van der Waals surface area contributed by atoms with Crippen molar-refractivity contribution in [3.05, 3.63) is 57.6 Å². The van der Waals surface area contributed by atoms with Gasteiger partial charge < -0.3 is 4.90 Å². The zero-order valence-electron chi connectivity index (χ0n) is 10.5. The Hall–Kier alpha value is -1.65. The van der Waals surface area contributed by atoms with Crippen molar-refractivity contribution in [1.29, 1.82) is 0 Å². The van der Waals surface area contributed by atoms with E-state index >= 15 is 0 Å². The monoisotopic (exact) mass is 307 g/mol. The van der Waals surface area contributed by atoms with Crippen molar-refractivity contribution in [2.45, 2.75) is 13.0 Å². The van der Waals surface area contributed by atoms with Crippen LogP contribution in [0.2, 0.25) is 10.0 Å². The Morgan fingerprint density at radius 2 is 2.10 bits per heavy atom. The molecule has 1 aliphatic heterocycles. The number of rotatable bonds is 1. The molecule has 0 spiro atoms. The molecule has 1 aliphatic rings. The van der Waals surface area contributed by atoms with Gasteiger partial charge in [0.1, 0.15) is 5.69 Å². The molecule has 0 fully saturated rings. The minimum atomic E-state index is -0.130. The van der Waals surface area contributed by atoms with Gasteiger partial charge in [0.15, 0.2) is 0 Å². The van der Waals surface area contributed by atoms with Gasteiger partial charge in [-0.2, -0.15) is 0 Å². The lowest BCUT2D eigenvalue weighted by atomic mass is 9.99. The molecule has 20 heavy (non-hydrogen) atoms. The maximum absolute atomic E-state index is 12.3. The number of aromatic nitrogens is 2. The molecule has 2 heterocycles. The standard InChI is InChI=1S/C14H11Cl2N3O/c15-10-5-9-1-4-19(8-11(9)12(16)6-10)14(20)13-7-17-2-3-18-13/h2-3,5-7H,1,4,8H2. The van der Waals surface area contributed by atoms with Gasteiger partial charge >= 0.3 is 0 Å². The molecule has 6 heteroatoms. The van der Waals surface area contributed by atoms with E-state index in [1.165, 1.54) is 12.4 Å². The van der Waals surface area contributed by atoms with E-state index in [-0.39, 0.29) is 5.91 Å². The second kappa shape index (κ2) is 5.38. The Kier molecular flexibility index (Phi) is 3.59. The van der Waals surface area contributed by atoms with Crippen molar-refractivity contribution in [2.75, 3.05) is 6.54 Å². The molecule has 0 radical (unpaired) electrons. The van der Waals surface area contributed by atoms with Crippen LogP contribution in [0.25, 0.3) is 0 Å². The molecule has 0 saturated carbocycles. The summed E-state index contributed by atoms with van der Waals surface area (Å²) >= 11 is 12.2. The smallest absolute Gasteiger partial charge is 0.274 e. The van der Waals surface area contributed by atoms with E-state index in [2.05, 4.69) is 9.97 Å². The summed E-state index contributed by atoms with van der Waals surface area (Å²) in [5.74, 6) is -0.130. The second-order valence-electron chi connectivity index (χ2n) is 4.59. The van der Waals surface area contributed by atoms with Crippen molar-refractivity contribution < 1.29 is 4.79 Å². The van der Waals surface area contributed by atoms with Crippen LogP contribution in [0, 0.1) is 0 Å². The SMILES string of the molecule is O=C(c1cnccn1)N1CCc2cc(Cl)cc(Cl)c2C1. The Bertz CT molecular complexity index is 661. The van der Waals surface area contributed by atoms with Crippen LogP contribution < -0.4 is 0 Å². The quantitative estimate of drug-likeness (QED) is 0.813. The summed E-state index contributed by atoms with van der Waals surface area (Å²) in [7, 11) is 0. The number of halogens is 2. The highest BCUT2D eigenvalue weighted by Gasteiger charge is 2.24. The number of amides is 1. The predicted molar refractivity (Wildman–Crippen MR) is 76.9 cm³/mol. The van der Waals surface area contributed by atoms with Gasteiger partial charge in [0.2, 0.25) is 0 Å². The minimum absolute atomic E-state index is 0.130. The normalized spacial score (nSPS) is 14.0. The van der Waals surface area contributed by atoms with E-state index < -0.39 is 0 Å². The Morgan fingerprint density at radius 1 is 1.25 bits per heavy atom. The summed E-state index contributed by atoms with van der Waals surface area (Å²) in [4.78, 5) is 22.0. The highest BCUT2D eigenvalue weighted by Crippen LogP contribution is 2.30. The number of hydrogen-bond acceptors (Lipinski definition) is 3. The van der Waals surface area contributed by atoms with Crippen LogP contribution in [0.15, 0.2) is 30.7 Å². The maximum Gasteiger partial charge on any atom is 0.274 e. The van der Waals surface area contributed by atoms with Gasteiger partial charge in [-0.05, 0) is 29.7 Å². The van der Waals surface area contributed by atoms with Gasteiger partial charge in [-0.15, -0.1) is 0 Å². The molecule has 1 aromatic heterocycles. The molecule has 0 aliphatic carbocycles. The van der Waals surface area contributed by atoms with Crippen molar-refractivity contribution in [3.63, 3.8) is 0 Å². The highest BCUT2D eigenvalue weighted by atomic mass is 35.5. The molecule has 0 atom stereocenters. The summed E-state index contributed by atoms with van der Waals surface area (Å²) in [5.41, 5.74) is 2.41. The summed E-state index contributed by atoms with van der Waals surface area (Å²) in [6.07, 6.45) is 5.27. The van der Waals surface area contributed by atoms with E-state index in [9.17, 15) is 4.79 Å². The average Bonchev–Trinajstić information content (AvgIpc) is 2.47. The van der Waals surface area contributed by atoms with Crippen molar-refractivity contribution in [3.8, 4) is 0 Å². The molecule has 102 valence electrons. The fourth-order valence-electron chi connectivity index (χ4n) is 2.33. The zero-order valence-corrected chi connectivity index (χ0v) is 12.0. The molecule has 3 rings (SSSR count). The fourth-order valence-corrected chi connectivity index (χ4v) is 2.92. The van der Waals surface area contributed by atoms with Crippen LogP contribution in [0.3, 0.4) is 0 Å². The third-order valence-corrected chi connectivity index (χ3v) is 3.88. The van der Waals surface area contributed by atoms with Crippen LogP contribution >= 0.6 is 23.2 Å². The molecular weight excluding hydrogens is 297 g/mol. The lowest BCUT2D eigenvalue weighted by Crippen LogP contribution is -2.36. The van der Waals surface area contributed by atoms with E-state index in [0.717, 1.165) is 17.5 Å². The van der Waals surface area contributed by atoms with Crippen LogP contribution in [0.1, 0.15) is 21.6 Å². The number of hydrogen-bond donors (Lipinski definition) is 0. The van der Waals surface area contributed by atoms with Crippen LogP contribution in [0.5, 0.6) is 0 Å². The molecule has 0 unspecified atom stereocenters. The largest absolute Gasteiger partial charge is 0.333 e. The molecule has 1 aromatic carbocycles. The van der Waals surface area contributed by atoms with E-state index in [1.54, 1.807) is 17.2 Å². The molecular formula is C14H11Cl2N3O. The van der Waals surface area contributed by atoms with Gasteiger partial charge in [-0.3, -0.25) is 9.78 Å². The molecule has 0 bridgehead atoms. The first-order chi connectivity index (χ1) is 9.65. The van der Waals surface area contributed by atoms with E-state index in [4.69, 9.17) is 23.2 Å². The zero-order chi connectivity index (χ0) is 14.1. The minimum Gasteiger partial charge on any atom is -0.333 e. The number of fused-ring (bicyclic) bond motifs is 1. The van der Waals surface area contributed by atoms with Crippen LogP contribution in [-0.4, -0.2) is 27.3 Å². The summed E-state index contributed by atoms with van der Waals surface area (Å²) in [5, 5.41) is 1.23. The van der Waals surface area contributed by atoms with Gasteiger partial charge in [-0.1, -0.05) is 23.2 Å². The summed E-state index contributed by atoms with van der Waals surface area (Å²) < 4.78 is 0. The number of carbonyl (C=O) groups is 1. The van der Waals surface area contributed by atoms with Crippen molar-refractivity contribution in [1.82, 2.24) is 14.9 Å². The fraction of sp³-hybridized carbons (Fsp3) is 0.214. The third kappa shape index (κ3) is 2.49. The number of benzene rings is 1. The third-order valence-electron chi connectivity index (χ3n) is 3.32. The first-order valence-corrected chi connectivity index (χ1v) is 6.93. The van der Waals surface area contributed by atoms with Gasteiger partial charge in [0.25, 0.3) is 5.91 Å². The van der Waals surface area contributed by atoms with Crippen molar-refractivity contribution in [2.24, 2.45) is 0 Å². The van der Waals surface area contributed by atoms with Gasteiger partial charge in [-0.25, -0.2) is 4.98 Å². The van der Waals surface area contributed by atoms with Crippen LogP contribution in [-0.2, 0) is 13.0 Å². The number of carbonyl (C=O) groups excluding carboxylic acids is 1. The lowest BCUT2D eigenvalue weighted by Gasteiger charge is -2.29.